The van der Waals surface area contributed by atoms with E-state index < -0.39 is 32.5 Å². The predicted octanol–water partition coefficient (Wildman–Crippen LogP) is 14.7. The minimum Gasteiger partial charge on any atom is -0.462 e. The van der Waals surface area contributed by atoms with Crippen LogP contribution in [0.4, 0.5) is 0 Å². The van der Waals surface area contributed by atoms with Crippen LogP contribution in [0.2, 0.25) is 0 Å². The minimum absolute atomic E-state index is 0.0124. The van der Waals surface area contributed by atoms with Crippen molar-refractivity contribution in [3.05, 3.63) is 60.8 Å². The zero-order chi connectivity index (χ0) is 41.8. The third-order valence-electron chi connectivity index (χ3n) is 9.81. The molecule has 9 heteroatoms. The summed E-state index contributed by atoms with van der Waals surface area (Å²) in [5.74, 6) is -0.947. The van der Waals surface area contributed by atoms with Crippen molar-refractivity contribution >= 4 is 19.8 Å². The minimum atomic E-state index is -4.29. The largest absolute Gasteiger partial charge is 0.472 e. The van der Waals surface area contributed by atoms with E-state index in [4.69, 9.17) is 14.0 Å². The number of esters is 2. The highest BCUT2D eigenvalue weighted by atomic mass is 31.2. The average Bonchev–Trinajstić information content (AvgIpc) is 3.20. The number of hydrogen-bond donors (Lipinski definition) is 1. The first-order valence-electron chi connectivity index (χ1n) is 23.0. The molecule has 0 saturated heterocycles. The average molecular weight is 821 g/mol. The van der Waals surface area contributed by atoms with E-state index in [1.54, 1.807) is 6.08 Å². The van der Waals surface area contributed by atoms with E-state index in [9.17, 15) is 19.0 Å². The van der Waals surface area contributed by atoms with Gasteiger partial charge < -0.3 is 14.4 Å². The van der Waals surface area contributed by atoms with Crippen LogP contribution in [0.15, 0.2) is 60.8 Å². The molecule has 57 heavy (non-hydrogen) atoms. The van der Waals surface area contributed by atoms with Gasteiger partial charge in [0.15, 0.2) is 6.10 Å². The molecule has 1 N–H and O–H groups in total. The molecule has 0 heterocycles. The number of hydrogen-bond acceptors (Lipinski definition) is 7. The molecule has 0 aromatic rings. The van der Waals surface area contributed by atoms with Crippen LogP contribution in [0.1, 0.15) is 206 Å². The van der Waals surface area contributed by atoms with Crippen molar-refractivity contribution in [1.29, 1.82) is 0 Å². The van der Waals surface area contributed by atoms with E-state index >= 15 is 0 Å². The Kier molecular flexibility index (Phi) is 41.6. The zero-order valence-electron chi connectivity index (χ0n) is 36.7. The van der Waals surface area contributed by atoms with Crippen LogP contribution in [0, 0.1) is 0 Å². The van der Waals surface area contributed by atoms with Gasteiger partial charge in [0.05, 0.1) is 13.0 Å². The Hall–Kier alpha value is -2.25. The van der Waals surface area contributed by atoms with Gasteiger partial charge in [0.25, 0.3) is 0 Å². The van der Waals surface area contributed by atoms with Crippen molar-refractivity contribution in [2.24, 2.45) is 0 Å². The summed E-state index contributed by atoms with van der Waals surface area (Å²) in [5.41, 5.74) is 0. The normalized spacial score (nSPS) is 13.8. The first-order chi connectivity index (χ1) is 27.8. The topological polar surface area (TPSA) is 108 Å². The van der Waals surface area contributed by atoms with E-state index in [1.807, 2.05) is 12.2 Å². The van der Waals surface area contributed by atoms with Gasteiger partial charge in [-0.3, -0.25) is 18.6 Å². The highest BCUT2D eigenvalue weighted by molar-refractivity contribution is 7.47. The summed E-state index contributed by atoms with van der Waals surface area (Å²) in [5, 5.41) is 0. The van der Waals surface area contributed by atoms with Crippen molar-refractivity contribution in [2.75, 3.05) is 20.3 Å². The Morgan fingerprint density at radius 2 is 0.877 bits per heavy atom. The van der Waals surface area contributed by atoms with Crippen molar-refractivity contribution in [3.63, 3.8) is 0 Å². The number of ether oxygens (including phenoxy) is 2. The van der Waals surface area contributed by atoms with Crippen LogP contribution < -0.4 is 0 Å². The number of carbonyl (C=O) groups is 2. The van der Waals surface area contributed by atoms with Gasteiger partial charge in [-0.15, -0.1) is 0 Å². The van der Waals surface area contributed by atoms with Crippen molar-refractivity contribution < 1.29 is 37.6 Å². The lowest BCUT2D eigenvalue weighted by Crippen LogP contribution is -2.29. The summed E-state index contributed by atoms with van der Waals surface area (Å²) in [6.45, 7) is 3.71. The molecule has 2 unspecified atom stereocenters. The first-order valence-corrected chi connectivity index (χ1v) is 24.5. The lowest BCUT2D eigenvalue weighted by molar-refractivity contribution is -0.160. The molecule has 0 aliphatic rings. The van der Waals surface area contributed by atoms with Crippen molar-refractivity contribution in [3.8, 4) is 0 Å². The quantitative estimate of drug-likeness (QED) is 0.0281. The van der Waals surface area contributed by atoms with Gasteiger partial charge in [-0.05, 0) is 38.5 Å². The van der Waals surface area contributed by atoms with Crippen molar-refractivity contribution in [2.45, 2.75) is 213 Å². The first kappa shape index (κ1) is 54.8. The standard InChI is InChI=1S/C48H85O8P/c1-4-6-8-10-12-14-16-18-20-21-22-23-24-25-26-27-29-30-32-34-36-38-40-42-47(49)54-44-46(45-55-57(51,52)53-3)56-48(50)43-41-39-37-35-33-31-28-19-17-15-13-11-9-7-5-2/h7,9,13,15,19,28,33,35,39,41,46H,4-6,8,10-12,14,16-18,20-27,29-32,34,36-38,40,42-45H2,1-3H3,(H,51,52)/b9-7-,15-13-,28-19-,35-33-,41-39-. The Morgan fingerprint density at radius 1 is 0.509 bits per heavy atom. The van der Waals surface area contributed by atoms with Crippen LogP contribution in [0.3, 0.4) is 0 Å². The van der Waals surface area contributed by atoms with Gasteiger partial charge >= 0.3 is 19.8 Å². The van der Waals surface area contributed by atoms with Crippen molar-refractivity contribution in [1.82, 2.24) is 0 Å². The Labute approximate surface area is 350 Å². The predicted molar refractivity (Wildman–Crippen MR) is 239 cm³/mol. The molecule has 0 fully saturated rings. The third kappa shape index (κ3) is 43.2. The molecule has 0 bridgehead atoms. The van der Waals surface area contributed by atoms with E-state index in [0.29, 0.717) is 6.42 Å². The van der Waals surface area contributed by atoms with E-state index in [1.165, 1.54) is 128 Å². The summed E-state index contributed by atoms with van der Waals surface area (Å²) < 4.78 is 31.9. The van der Waals surface area contributed by atoms with Gasteiger partial charge in [-0.1, -0.05) is 216 Å². The molecule has 0 aliphatic heterocycles. The number of allylic oxidation sites excluding steroid dienone is 9. The maximum atomic E-state index is 12.4. The van der Waals surface area contributed by atoms with E-state index in [-0.39, 0.29) is 19.4 Å². The van der Waals surface area contributed by atoms with Crippen LogP contribution >= 0.6 is 7.82 Å². The van der Waals surface area contributed by atoms with Crippen LogP contribution in [0.5, 0.6) is 0 Å². The Morgan fingerprint density at radius 3 is 1.26 bits per heavy atom. The summed E-state index contributed by atoms with van der Waals surface area (Å²) in [7, 11) is -3.24. The molecule has 0 radical (unpaired) electrons. The maximum Gasteiger partial charge on any atom is 0.472 e. The fraction of sp³-hybridized carbons (Fsp3) is 0.750. The van der Waals surface area contributed by atoms with E-state index in [0.717, 1.165) is 52.1 Å². The molecule has 8 nitrogen and oxygen atoms in total. The molecule has 0 amide bonds. The monoisotopic (exact) mass is 821 g/mol. The van der Waals surface area contributed by atoms with Gasteiger partial charge in [-0.2, -0.15) is 0 Å². The molecule has 0 saturated carbocycles. The molecule has 2 atom stereocenters. The van der Waals surface area contributed by atoms with Gasteiger partial charge in [-0.25, -0.2) is 4.57 Å². The highest BCUT2D eigenvalue weighted by Gasteiger charge is 2.24. The second-order valence-electron chi connectivity index (χ2n) is 15.2. The van der Waals surface area contributed by atoms with Crippen LogP contribution in [-0.4, -0.2) is 43.3 Å². The summed E-state index contributed by atoms with van der Waals surface area (Å²) >= 11 is 0. The molecule has 0 aliphatic carbocycles. The number of phosphoric acid groups is 1. The second kappa shape index (κ2) is 43.3. The number of phosphoric ester groups is 1. The highest BCUT2D eigenvalue weighted by Crippen LogP contribution is 2.42. The van der Waals surface area contributed by atoms with Crippen LogP contribution in [-0.2, 0) is 32.7 Å². The van der Waals surface area contributed by atoms with Crippen LogP contribution in [0.25, 0.3) is 0 Å². The van der Waals surface area contributed by atoms with Gasteiger partial charge in [0.2, 0.25) is 0 Å². The lowest BCUT2D eigenvalue weighted by Gasteiger charge is -2.19. The number of unbranched alkanes of at least 4 members (excludes halogenated alkanes) is 22. The lowest BCUT2D eigenvalue weighted by atomic mass is 10.0. The maximum absolute atomic E-state index is 12.4. The molecule has 330 valence electrons. The van der Waals surface area contributed by atoms with Gasteiger partial charge in [0.1, 0.15) is 6.61 Å². The fourth-order valence-corrected chi connectivity index (χ4v) is 6.78. The van der Waals surface area contributed by atoms with E-state index in [2.05, 4.69) is 60.9 Å². The zero-order valence-corrected chi connectivity index (χ0v) is 37.6. The third-order valence-corrected chi connectivity index (χ3v) is 10.7. The molecule has 0 aromatic heterocycles. The summed E-state index contributed by atoms with van der Waals surface area (Å²) in [6.07, 6.45) is 54.6. The molecular formula is C48H85O8P. The number of carbonyl (C=O) groups excluding carboxylic acids is 2. The second-order valence-corrected chi connectivity index (χ2v) is 16.7. The molecular weight excluding hydrogens is 735 g/mol. The Bertz CT molecular complexity index is 1110. The van der Waals surface area contributed by atoms with Gasteiger partial charge in [0, 0.05) is 13.5 Å². The fourth-order valence-electron chi connectivity index (χ4n) is 6.32. The molecule has 0 rings (SSSR count). The number of rotatable bonds is 42. The smallest absolute Gasteiger partial charge is 0.462 e. The summed E-state index contributed by atoms with van der Waals surface area (Å²) in [6, 6.07) is 0. The Balaban J connectivity index is 3.98. The summed E-state index contributed by atoms with van der Waals surface area (Å²) in [4.78, 5) is 34.4. The molecule has 0 aromatic carbocycles. The molecule has 0 spiro atoms. The SMILES string of the molecule is CC/C=C\C/C=C\C/C=C\C/C=C\C/C=C\CC(=O)OC(COC(=O)CCCCCCCCCCCCCCCCCCCCCCCCC)COP(=O)(O)OC.